The fourth-order valence-corrected chi connectivity index (χ4v) is 16.2. The number of fused-ring (bicyclic) bond motifs is 3. The molecule has 9 N–H and O–H groups in total. The highest BCUT2D eigenvalue weighted by Crippen LogP contribution is 2.40. The highest BCUT2D eigenvalue weighted by Gasteiger charge is 2.37. The molecule has 0 saturated carbocycles. The number of aryl methyl sites for hydroxylation is 7. The predicted molar refractivity (Wildman–Crippen MR) is 466 cm³/mol. The number of alkyl halides is 3. The van der Waals surface area contributed by atoms with Gasteiger partial charge >= 0.3 is 6.18 Å². The van der Waals surface area contributed by atoms with Gasteiger partial charge in [-0.15, -0.1) is 21.5 Å². The lowest BCUT2D eigenvalue weighted by atomic mass is 9.99. The third-order valence-corrected chi connectivity index (χ3v) is 23.0. The first-order valence-corrected chi connectivity index (χ1v) is 43.3. The molecule has 1 aromatic carbocycles. The predicted octanol–water partition coefficient (Wildman–Crippen LogP) is 4.85. The number of rotatable bonds is 46. The largest absolute Gasteiger partial charge is 0.401 e. The number of hydrogen-bond acceptors (Lipinski definition) is 24. The molecule has 8 aromatic rings. The second kappa shape index (κ2) is 46.2. The molecule has 686 valence electrons. The number of carbonyl (C=O) groups is 10. The molecule has 0 radical (unpaired) electrons. The molecule has 0 spiro atoms. The number of anilines is 4. The van der Waals surface area contributed by atoms with Gasteiger partial charge in [0, 0.05) is 204 Å². The summed E-state index contributed by atoms with van der Waals surface area (Å²) in [5.74, 6) is -3.03. The van der Waals surface area contributed by atoms with Gasteiger partial charge in [0.2, 0.25) is 41.2 Å². The van der Waals surface area contributed by atoms with Crippen molar-refractivity contribution in [1.82, 2.24) is 98.7 Å². The number of aromatic nitrogens is 11. The number of hydrogen-bond donors (Lipinski definition) is 9. The van der Waals surface area contributed by atoms with Crippen LogP contribution in [0.5, 0.6) is 0 Å². The van der Waals surface area contributed by atoms with Gasteiger partial charge in [-0.2, -0.15) is 13.2 Å². The molecule has 0 aliphatic carbocycles. The van der Waals surface area contributed by atoms with Crippen LogP contribution in [-0.2, 0) is 78.2 Å². The van der Waals surface area contributed by atoms with Gasteiger partial charge in [-0.1, -0.05) is 23.7 Å². The number of ether oxygens (including phenoxy) is 4. The Labute approximate surface area is 740 Å². The third-order valence-electron chi connectivity index (χ3n) is 21.6. The van der Waals surface area contributed by atoms with E-state index in [4.69, 9.17) is 35.5 Å². The second-order valence-corrected chi connectivity index (χ2v) is 32.7. The van der Waals surface area contributed by atoms with Crippen LogP contribution in [0.25, 0.3) is 5.00 Å². The van der Waals surface area contributed by atoms with Crippen LogP contribution in [0.15, 0.2) is 78.6 Å². The Morgan fingerprint density at radius 3 is 1.61 bits per heavy atom. The van der Waals surface area contributed by atoms with Crippen molar-refractivity contribution >= 4 is 111 Å². The maximum atomic E-state index is 14.1. The summed E-state index contributed by atoms with van der Waals surface area (Å²) in [5.41, 5.74) is 4.93. The van der Waals surface area contributed by atoms with E-state index in [0.717, 1.165) is 78.8 Å². The molecule has 3 aliphatic rings. The first kappa shape index (κ1) is 96.1. The number of piperazine rings is 1. The van der Waals surface area contributed by atoms with Crippen LogP contribution in [0.2, 0.25) is 5.02 Å². The van der Waals surface area contributed by atoms with Gasteiger partial charge in [0.25, 0.3) is 29.5 Å². The summed E-state index contributed by atoms with van der Waals surface area (Å²) in [6, 6.07) is 10.6. The number of likely N-dealkylation sites (tertiary alicyclic amines) is 1. The molecule has 44 heteroatoms. The first-order chi connectivity index (χ1) is 60.9. The molecule has 0 bridgehead atoms. The first-order valence-electron chi connectivity index (χ1n) is 42.1. The number of amides is 10. The van der Waals surface area contributed by atoms with E-state index in [1.54, 1.807) is 56.5 Å². The summed E-state index contributed by atoms with van der Waals surface area (Å²) in [6.45, 7) is 13.7. The number of nitrogens with one attached hydrogen (secondary N) is 9. The van der Waals surface area contributed by atoms with E-state index in [1.165, 1.54) is 72.0 Å². The van der Waals surface area contributed by atoms with Gasteiger partial charge in [-0.25, -0.2) is 15.0 Å². The van der Waals surface area contributed by atoms with Crippen LogP contribution < -0.4 is 47.9 Å². The van der Waals surface area contributed by atoms with Crippen molar-refractivity contribution < 1.29 is 80.1 Å². The Bertz CT molecular complexity index is 5170. The molecule has 1 atom stereocenters. The number of benzene rings is 1. The minimum absolute atomic E-state index is 0.0128. The van der Waals surface area contributed by atoms with E-state index in [0.29, 0.717) is 75.3 Å². The van der Waals surface area contributed by atoms with Crippen LogP contribution in [0.1, 0.15) is 150 Å². The van der Waals surface area contributed by atoms with E-state index in [-0.39, 0.29) is 162 Å². The van der Waals surface area contributed by atoms with Gasteiger partial charge in [-0.05, 0) is 89.4 Å². The monoisotopic (exact) mass is 1810 g/mol. The van der Waals surface area contributed by atoms with Gasteiger partial charge in [0.15, 0.2) is 23.3 Å². The van der Waals surface area contributed by atoms with Crippen LogP contribution in [0.3, 0.4) is 0 Å². The molecule has 10 amide bonds. The van der Waals surface area contributed by atoms with E-state index in [2.05, 4.69) is 101 Å². The van der Waals surface area contributed by atoms with Crippen molar-refractivity contribution in [2.45, 2.75) is 96.8 Å². The van der Waals surface area contributed by atoms with Crippen molar-refractivity contribution in [3.05, 3.63) is 141 Å². The maximum Gasteiger partial charge on any atom is 0.401 e. The van der Waals surface area contributed by atoms with E-state index in [1.807, 2.05) is 36.1 Å². The zero-order valence-electron chi connectivity index (χ0n) is 72.5. The molecule has 0 unspecified atom stereocenters. The lowest BCUT2D eigenvalue weighted by molar-refractivity contribution is -0.146. The average molecular weight is 1810 g/mol. The summed E-state index contributed by atoms with van der Waals surface area (Å²) in [4.78, 5) is 157. The van der Waals surface area contributed by atoms with E-state index < -0.39 is 66.0 Å². The number of carbonyl (C=O) groups excluding carboxylic acids is 10. The van der Waals surface area contributed by atoms with Crippen molar-refractivity contribution in [1.29, 1.82) is 0 Å². The Morgan fingerprint density at radius 2 is 1.06 bits per heavy atom. The molecule has 7 aromatic heterocycles. The second-order valence-electron chi connectivity index (χ2n) is 31.1. The smallest absolute Gasteiger partial charge is 0.379 e. The quantitative estimate of drug-likeness (QED) is 0.0230. The van der Waals surface area contributed by atoms with Crippen LogP contribution in [0.4, 0.5) is 36.2 Å². The minimum Gasteiger partial charge on any atom is -0.379 e. The lowest BCUT2D eigenvalue weighted by Gasteiger charge is -2.43. The molecular formula is C83H111ClF3N25O14S. The summed E-state index contributed by atoms with van der Waals surface area (Å²) >= 11 is 8.00. The Morgan fingerprint density at radius 1 is 0.551 bits per heavy atom. The normalized spacial score (nSPS) is 14.4. The number of aliphatic imine (C=N–C) groups is 1. The highest BCUT2D eigenvalue weighted by molar-refractivity contribution is 7.15. The molecule has 127 heavy (non-hydrogen) atoms. The molecule has 39 nitrogen and oxygen atoms in total. The number of thiophene rings is 1. The maximum absolute atomic E-state index is 14.1. The zero-order valence-corrected chi connectivity index (χ0v) is 74.1. The molecular weight excluding hydrogens is 1700 g/mol. The SMILES string of the molecule is Cc1sc2c(c1C)C(c1ccc(Cl)cc1)=N[C@@H](CC(=O)N1CCN(C3CCN(CCOCCOCCOCCOCCC(=O)NCCCN(CCCNC(=O)CCNC(=O)c4nc(NC(=O)CCNC(=O)c5cc(NC(=O)c6nc(NC(=O)CCNC(=O)c7cc(NC(=O)c8nccn8C)cn7C)cn6C)cn5C)cn4C)CC(F)(F)F)CC3)CC1)c1nnc(C)n1-2. The number of imidazole rings is 3. The lowest BCUT2D eigenvalue weighted by Crippen LogP contribution is -2.54. The van der Waals surface area contributed by atoms with Gasteiger partial charge in [-0.3, -0.25) is 67.3 Å². The van der Waals surface area contributed by atoms with Gasteiger partial charge in [0.05, 0.1) is 82.9 Å². The number of halogens is 4. The molecule has 2 saturated heterocycles. The standard InChI is InChI=1S/C83H111ClF3N25O14S/c1-53-54(2)127-82-71(53)72(56-11-13-57(84)14-12-56)96-61(73-102-101-55(3)112(73)82)47-70(117)111-34-32-110(33-35-111)60-18-29-108(30-19-60)36-38-124-40-42-126-44-43-125-41-39-123-37-20-67(114)89-22-10-28-109(52-83(85,86)87)27-9-21-88-66(113)15-23-93-79(120)75-99-64(50-106(75)7)97-68(115)16-24-92-78(119)63-46-59(49-105(63)6)95-81(122)76-100-65(51-107(76)8)98-69(116)17-25-91-77(118)62-45-58(48-104(62)5)94-80(121)74-90-26-31-103(74)4/h11-14,26,31,45-46,48-51,60-61H,9-10,15-25,27-30,32-44,47,52H2,1-8H3,(H,88,113)(H,89,114)(H,91,118)(H,92,119)(H,93,120)(H,94,121)(H,95,122)(H,97,115)(H,98,116)/t61-/m0/s1. The molecule has 2 fully saturated rings. The summed E-state index contributed by atoms with van der Waals surface area (Å²) < 4.78 is 72.6. The Kier molecular flexibility index (Phi) is 35.0. The van der Waals surface area contributed by atoms with Crippen LogP contribution >= 0.6 is 22.9 Å². The Hall–Kier alpha value is -11.6. The van der Waals surface area contributed by atoms with Crippen molar-refractivity contribution in [3.63, 3.8) is 0 Å². The average Bonchev–Trinajstić information content (AvgIpc) is 1.59. The fourth-order valence-electron chi connectivity index (χ4n) is 14.8. The minimum atomic E-state index is -4.48. The van der Waals surface area contributed by atoms with Gasteiger partial charge < -0.3 is 99.4 Å². The van der Waals surface area contributed by atoms with Gasteiger partial charge in [0.1, 0.15) is 28.3 Å². The highest BCUT2D eigenvalue weighted by atomic mass is 35.5. The zero-order chi connectivity index (χ0) is 90.8. The summed E-state index contributed by atoms with van der Waals surface area (Å²) in [7, 11) is 7.94. The van der Waals surface area contributed by atoms with E-state index >= 15 is 0 Å². The Balaban J connectivity index is 0.464. The number of piperidine rings is 1. The summed E-state index contributed by atoms with van der Waals surface area (Å²) in [5, 5.41) is 34.5. The van der Waals surface area contributed by atoms with E-state index in [9.17, 15) is 61.1 Å². The van der Waals surface area contributed by atoms with Crippen molar-refractivity contribution in [3.8, 4) is 5.00 Å². The third kappa shape index (κ3) is 28.0. The topological polar surface area (TPSA) is 435 Å². The number of nitrogens with zero attached hydrogens (tertiary/aromatic N) is 16. The molecule has 10 heterocycles. The summed E-state index contributed by atoms with van der Waals surface area (Å²) in [6.07, 6.45) is 6.82. The van der Waals surface area contributed by atoms with Crippen molar-refractivity contribution in [2.24, 2.45) is 40.2 Å². The molecule has 11 rings (SSSR count). The van der Waals surface area contributed by atoms with Crippen molar-refractivity contribution in [2.75, 3.05) is 172 Å². The van der Waals surface area contributed by atoms with Crippen LogP contribution in [-0.4, -0.2) is 300 Å². The van der Waals surface area contributed by atoms with Crippen LogP contribution in [0, 0.1) is 20.8 Å². The fraction of sp³-hybridized carbons (Fsp3) is 0.518. The molecule has 3 aliphatic heterocycles.